The van der Waals surface area contributed by atoms with E-state index in [1.54, 1.807) is 30.3 Å². The number of aryl methyl sites for hydroxylation is 2. The first-order valence-electron chi connectivity index (χ1n) is 11.4. The maximum atomic E-state index is 15.2. The van der Waals surface area contributed by atoms with E-state index >= 15 is 4.39 Å². The minimum atomic E-state index is -5.22. The van der Waals surface area contributed by atoms with Crippen LogP contribution in [-0.2, 0) is 27.1 Å². The topological polar surface area (TPSA) is 36.9 Å². The Labute approximate surface area is 203 Å². The molecular weight excluding hydrogens is 490 g/mol. The van der Waals surface area contributed by atoms with Crippen molar-refractivity contribution in [1.82, 2.24) is 0 Å². The normalized spacial score (nSPS) is 18.5. The van der Waals surface area contributed by atoms with Crippen molar-refractivity contribution >= 4 is 10.8 Å². The molecule has 1 saturated heterocycles. The Kier molecular flexibility index (Phi) is 8.07. The average molecular weight is 514 g/mol. The summed E-state index contributed by atoms with van der Waals surface area (Å²) in [6, 6.07) is 9.86. The predicted octanol–water partition coefficient (Wildman–Crippen LogP) is 6.78. The van der Waals surface area contributed by atoms with Gasteiger partial charge in [0.25, 0.3) is 0 Å². The summed E-state index contributed by atoms with van der Waals surface area (Å²) in [6.07, 6.45) is -4.96. The van der Waals surface area contributed by atoms with E-state index < -0.39 is 35.9 Å². The van der Waals surface area contributed by atoms with Crippen LogP contribution < -0.4 is 4.74 Å². The lowest BCUT2D eigenvalue weighted by molar-refractivity contribution is -0.276. The number of alkyl halides is 3. The third-order valence-corrected chi connectivity index (χ3v) is 5.71. The second-order valence-electron chi connectivity index (χ2n) is 8.45. The highest BCUT2D eigenvalue weighted by Crippen LogP contribution is 2.31. The number of fused-ring (bicyclic) bond motifs is 1. The zero-order chi connectivity index (χ0) is 25.9. The zero-order valence-electron chi connectivity index (χ0n) is 19.3. The molecular formula is C26H24F6O4. The third kappa shape index (κ3) is 6.29. The van der Waals surface area contributed by atoms with Gasteiger partial charge in [-0.15, -0.1) is 13.2 Å². The molecule has 1 aliphatic heterocycles. The van der Waals surface area contributed by atoms with Crippen molar-refractivity contribution in [1.29, 1.82) is 0 Å². The van der Waals surface area contributed by atoms with Gasteiger partial charge in [0.2, 0.25) is 5.75 Å². The van der Waals surface area contributed by atoms with E-state index in [2.05, 4.69) is 4.74 Å². The molecule has 0 aromatic heterocycles. The van der Waals surface area contributed by atoms with Crippen molar-refractivity contribution in [2.45, 2.75) is 44.9 Å². The second-order valence-corrected chi connectivity index (χ2v) is 8.45. The Bertz CT molecular complexity index is 1180. The van der Waals surface area contributed by atoms with Gasteiger partial charge in [-0.2, -0.15) is 0 Å². The van der Waals surface area contributed by atoms with Gasteiger partial charge < -0.3 is 18.9 Å². The van der Waals surface area contributed by atoms with Gasteiger partial charge in [-0.25, -0.2) is 13.2 Å². The number of ether oxygens (including phenoxy) is 4. The highest BCUT2D eigenvalue weighted by atomic mass is 19.4. The highest BCUT2D eigenvalue weighted by Gasteiger charge is 2.34. The fourth-order valence-electron chi connectivity index (χ4n) is 4.00. The van der Waals surface area contributed by atoms with Gasteiger partial charge in [0, 0.05) is 17.6 Å². The summed E-state index contributed by atoms with van der Waals surface area (Å²) >= 11 is 0. The molecule has 1 aliphatic rings. The van der Waals surface area contributed by atoms with Crippen LogP contribution in [0.25, 0.3) is 10.8 Å². The molecule has 0 N–H and O–H groups in total. The fraction of sp³-hybridized carbons (Fsp3) is 0.385. The molecule has 3 aromatic carbocycles. The Hall–Kier alpha value is -2.82. The smallest absolute Gasteiger partial charge is 0.399 e. The zero-order valence-corrected chi connectivity index (χ0v) is 19.3. The lowest BCUT2D eigenvalue weighted by Gasteiger charge is -2.29. The van der Waals surface area contributed by atoms with Crippen LogP contribution >= 0.6 is 0 Å². The molecule has 1 fully saturated rings. The maximum absolute atomic E-state index is 15.2. The molecule has 0 radical (unpaired) electrons. The van der Waals surface area contributed by atoms with Crippen LogP contribution in [0.4, 0.5) is 26.3 Å². The van der Waals surface area contributed by atoms with Crippen LogP contribution in [0.1, 0.15) is 36.3 Å². The Morgan fingerprint density at radius 3 is 2.25 bits per heavy atom. The number of rotatable bonds is 8. The van der Waals surface area contributed by atoms with Crippen molar-refractivity contribution < 1.29 is 45.3 Å². The van der Waals surface area contributed by atoms with E-state index in [4.69, 9.17) is 14.2 Å². The fourth-order valence-corrected chi connectivity index (χ4v) is 4.00. The monoisotopic (exact) mass is 514 g/mol. The van der Waals surface area contributed by atoms with Gasteiger partial charge in [0.15, 0.2) is 17.9 Å². The summed E-state index contributed by atoms with van der Waals surface area (Å²) in [7, 11) is 0. The Morgan fingerprint density at radius 1 is 0.917 bits per heavy atom. The predicted molar refractivity (Wildman–Crippen MR) is 119 cm³/mol. The first-order valence-corrected chi connectivity index (χ1v) is 11.4. The molecule has 0 atom stereocenters. The summed E-state index contributed by atoms with van der Waals surface area (Å²) in [5, 5.41) is 0.971. The van der Waals surface area contributed by atoms with Crippen LogP contribution in [0.5, 0.6) is 5.75 Å². The van der Waals surface area contributed by atoms with E-state index in [0.717, 1.165) is 24.1 Å². The van der Waals surface area contributed by atoms with Crippen LogP contribution in [0.2, 0.25) is 0 Å². The van der Waals surface area contributed by atoms with Crippen molar-refractivity contribution in [2.24, 2.45) is 0 Å². The molecule has 36 heavy (non-hydrogen) atoms. The van der Waals surface area contributed by atoms with Crippen LogP contribution in [-0.4, -0.2) is 32.3 Å². The highest BCUT2D eigenvalue weighted by molar-refractivity contribution is 5.84. The number of halogens is 6. The van der Waals surface area contributed by atoms with Gasteiger partial charge in [0.1, 0.15) is 11.9 Å². The van der Waals surface area contributed by atoms with E-state index in [-0.39, 0.29) is 24.5 Å². The van der Waals surface area contributed by atoms with Crippen LogP contribution in [0.15, 0.2) is 42.5 Å². The molecule has 1 heterocycles. The second kappa shape index (κ2) is 11.1. The summed E-state index contributed by atoms with van der Waals surface area (Å²) in [4.78, 5) is 0. The molecule has 4 nitrogen and oxygen atoms in total. The van der Waals surface area contributed by atoms with Gasteiger partial charge in [-0.3, -0.25) is 0 Å². The number of hydrogen-bond donors (Lipinski definition) is 0. The van der Waals surface area contributed by atoms with Crippen molar-refractivity contribution in [3.05, 3.63) is 76.6 Å². The summed E-state index contributed by atoms with van der Waals surface area (Å²) in [6.45, 7) is 3.42. The van der Waals surface area contributed by atoms with E-state index in [1.165, 1.54) is 0 Å². The SMILES string of the molecule is CCCOC1COC(c2ccc3c(F)c(CCc4cc(F)c(OC(F)(F)F)c(F)c4)ccc3c2)OC1. The van der Waals surface area contributed by atoms with E-state index in [1.807, 2.05) is 6.92 Å². The van der Waals surface area contributed by atoms with Gasteiger partial charge in [-0.1, -0.05) is 31.2 Å². The summed E-state index contributed by atoms with van der Waals surface area (Å²) < 4.78 is 100. The number of hydrogen-bond acceptors (Lipinski definition) is 4. The molecule has 0 spiro atoms. The van der Waals surface area contributed by atoms with E-state index in [0.29, 0.717) is 36.2 Å². The van der Waals surface area contributed by atoms with Crippen molar-refractivity contribution in [2.75, 3.05) is 19.8 Å². The quantitative estimate of drug-likeness (QED) is 0.311. The maximum Gasteiger partial charge on any atom is 0.573 e. The van der Waals surface area contributed by atoms with Crippen LogP contribution in [0.3, 0.4) is 0 Å². The van der Waals surface area contributed by atoms with Gasteiger partial charge >= 0.3 is 6.36 Å². The van der Waals surface area contributed by atoms with Crippen molar-refractivity contribution in [3.8, 4) is 5.75 Å². The average Bonchev–Trinajstić information content (AvgIpc) is 2.84. The standard InChI is InChI=1S/C26H24F6O4/c1-2-9-33-19-13-34-25(35-14-19)18-7-8-20-17(12-18)6-5-16(23(20)29)4-3-15-10-21(27)24(22(28)11-15)36-26(30,31)32/h5-8,10-12,19,25H,2-4,9,13-14H2,1H3. The van der Waals surface area contributed by atoms with Crippen molar-refractivity contribution in [3.63, 3.8) is 0 Å². The Balaban J connectivity index is 1.44. The first-order chi connectivity index (χ1) is 17.1. The lowest BCUT2D eigenvalue weighted by Crippen LogP contribution is -2.33. The summed E-state index contributed by atoms with van der Waals surface area (Å²) in [5.41, 5.74) is 1.10. The largest absolute Gasteiger partial charge is 0.573 e. The number of benzene rings is 3. The van der Waals surface area contributed by atoms with Gasteiger partial charge in [-0.05, 0) is 54.0 Å². The molecule has 0 unspecified atom stereocenters. The molecule has 10 heteroatoms. The molecule has 3 aromatic rings. The minimum Gasteiger partial charge on any atom is -0.399 e. The molecule has 4 rings (SSSR count). The van der Waals surface area contributed by atoms with Crippen LogP contribution in [0, 0.1) is 17.5 Å². The lowest BCUT2D eigenvalue weighted by atomic mass is 9.98. The Morgan fingerprint density at radius 2 is 1.61 bits per heavy atom. The van der Waals surface area contributed by atoms with E-state index in [9.17, 15) is 22.0 Å². The first kappa shape index (κ1) is 26.2. The summed E-state index contributed by atoms with van der Waals surface area (Å²) in [5.74, 6) is -4.97. The molecule has 194 valence electrons. The molecule has 0 aliphatic carbocycles. The molecule has 0 bridgehead atoms. The molecule has 0 saturated carbocycles. The molecule has 0 amide bonds. The van der Waals surface area contributed by atoms with Gasteiger partial charge in [0.05, 0.1) is 13.2 Å². The minimum absolute atomic E-state index is 0.00563. The third-order valence-electron chi connectivity index (χ3n) is 5.71.